The minimum atomic E-state index is 0.0508. The van der Waals surface area contributed by atoms with Crippen LogP contribution in [0, 0.1) is 0 Å². The molecule has 0 radical (unpaired) electrons. The lowest BCUT2D eigenvalue weighted by Gasteiger charge is -2.24. The maximum Gasteiger partial charge on any atom is 0.238 e. The molecule has 0 aromatic heterocycles. The largest absolute Gasteiger partial charge is 0.295 e. The van der Waals surface area contributed by atoms with E-state index in [-0.39, 0.29) is 11.3 Å². The summed E-state index contributed by atoms with van der Waals surface area (Å²) in [6, 6.07) is 17.5. The molecule has 1 aliphatic heterocycles. The van der Waals surface area contributed by atoms with Crippen LogP contribution in [-0.4, -0.2) is 11.7 Å². The van der Waals surface area contributed by atoms with E-state index in [0.29, 0.717) is 10.8 Å². The minimum Gasteiger partial charge on any atom is -0.295 e. The summed E-state index contributed by atoms with van der Waals surface area (Å²) in [7, 11) is 0. The first-order valence-electron chi connectivity index (χ1n) is 6.00. The van der Waals surface area contributed by atoms with E-state index >= 15 is 0 Å². The molecule has 0 N–H and O–H groups in total. The molecule has 1 fully saturated rings. The van der Waals surface area contributed by atoms with Gasteiger partial charge < -0.3 is 0 Å². The van der Waals surface area contributed by atoms with E-state index < -0.39 is 0 Å². The third-order valence-corrected chi connectivity index (χ3v) is 4.52. The predicted octanol–water partition coefficient (Wildman–Crippen LogP) is 4.12. The SMILES string of the molecule is O=C1CS[C@H](c2ccccc2)N1c1ccc(Cl)cc1. The minimum absolute atomic E-state index is 0.0508. The van der Waals surface area contributed by atoms with Crippen molar-refractivity contribution in [3.05, 3.63) is 65.2 Å². The van der Waals surface area contributed by atoms with Gasteiger partial charge in [0.25, 0.3) is 0 Å². The van der Waals surface area contributed by atoms with Gasteiger partial charge in [-0.2, -0.15) is 0 Å². The fraction of sp³-hybridized carbons (Fsp3) is 0.133. The van der Waals surface area contributed by atoms with Crippen LogP contribution in [0.3, 0.4) is 0 Å². The van der Waals surface area contributed by atoms with Crippen LogP contribution in [-0.2, 0) is 4.79 Å². The monoisotopic (exact) mass is 289 g/mol. The number of hydrogen-bond acceptors (Lipinski definition) is 2. The molecule has 1 saturated heterocycles. The van der Waals surface area contributed by atoms with Gasteiger partial charge in [0.15, 0.2) is 0 Å². The van der Waals surface area contributed by atoms with Crippen molar-refractivity contribution in [2.75, 3.05) is 10.7 Å². The second kappa shape index (κ2) is 5.27. The number of halogens is 1. The molecule has 0 unspecified atom stereocenters. The van der Waals surface area contributed by atoms with Gasteiger partial charge >= 0.3 is 0 Å². The maximum atomic E-state index is 12.1. The van der Waals surface area contributed by atoms with Crippen molar-refractivity contribution in [1.29, 1.82) is 0 Å². The molecule has 0 bridgehead atoms. The van der Waals surface area contributed by atoms with E-state index in [1.54, 1.807) is 11.8 Å². The van der Waals surface area contributed by atoms with Gasteiger partial charge in [-0.25, -0.2) is 0 Å². The first-order chi connectivity index (χ1) is 9.25. The highest BCUT2D eigenvalue weighted by Crippen LogP contribution is 2.41. The molecule has 2 aromatic carbocycles. The smallest absolute Gasteiger partial charge is 0.238 e. The lowest BCUT2D eigenvalue weighted by molar-refractivity contribution is -0.115. The molecular weight excluding hydrogens is 278 g/mol. The number of hydrogen-bond donors (Lipinski definition) is 0. The molecular formula is C15H12ClNOS. The highest BCUT2D eigenvalue weighted by Gasteiger charge is 2.33. The Bertz CT molecular complexity index is 585. The van der Waals surface area contributed by atoms with Crippen LogP contribution in [0.2, 0.25) is 5.02 Å². The van der Waals surface area contributed by atoms with Crippen molar-refractivity contribution in [2.45, 2.75) is 5.37 Å². The molecule has 1 atom stereocenters. The van der Waals surface area contributed by atoms with E-state index in [1.165, 1.54) is 0 Å². The zero-order valence-corrected chi connectivity index (χ0v) is 11.7. The first kappa shape index (κ1) is 12.6. The van der Waals surface area contributed by atoms with Crippen LogP contribution in [0.1, 0.15) is 10.9 Å². The van der Waals surface area contributed by atoms with Gasteiger partial charge in [-0.1, -0.05) is 41.9 Å². The second-order valence-corrected chi connectivity index (χ2v) is 5.82. The van der Waals surface area contributed by atoms with Crippen LogP contribution >= 0.6 is 23.4 Å². The van der Waals surface area contributed by atoms with Gasteiger partial charge in [-0.15, -0.1) is 11.8 Å². The molecule has 1 heterocycles. The van der Waals surface area contributed by atoms with E-state index in [9.17, 15) is 4.79 Å². The summed E-state index contributed by atoms with van der Waals surface area (Å²) in [6.07, 6.45) is 0. The maximum absolute atomic E-state index is 12.1. The number of carbonyl (C=O) groups is 1. The summed E-state index contributed by atoms with van der Waals surface area (Å²) in [5.41, 5.74) is 2.04. The zero-order valence-electron chi connectivity index (χ0n) is 10.1. The Kier molecular flexibility index (Phi) is 3.49. The molecule has 19 heavy (non-hydrogen) atoms. The number of nitrogens with zero attached hydrogens (tertiary/aromatic N) is 1. The molecule has 2 nitrogen and oxygen atoms in total. The zero-order chi connectivity index (χ0) is 13.2. The molecule has 96 valence electrons. The van der Waals surface area contributed by atoms with Crippen LogP contribution in [0.25, 0.3) is 0 Å². The number of amides is 1. The van der Waals surface area contributed by atoms with Crippen molar-refractivity contribution in [2.24, 2.45) is 0 Å². The number of thioether (sulfide) groups is 1. The van der Waals surface area contributed by atoms with E-state index in [0.717, 1.165) is 11.3 Å². The van der Waals surface area contributed by atoms with Crippen LogP contribution < -0.4 is 4.90 Å². The predicted molar refractivity (Wildman–Crippen MR) is 80.6 cm³/mol. The molecule has 0 spiro atoms. The van der Waals surface area contributed by atoms with Crippen molar-refractivity contribution >= 4 is 35.0 Å². The lowest BCUT2D eigenvalue weighted by atomic mass is 10.2. The molecule has 3 rings (SSSR count). The summed E-state index contributed by atoms with van der Waals surface area (Å²) in [6.45, 7) is 0. The lowest BCUT2D eigenvalue weighted by Crippen LogP contribution is -2.27. The quantitative estimate of drug-likeness (QED) is 0.829. The van der Waals surface area contributed by atoms with Crippen molar-refractivity contribution in [3.8, 4) is 0 Å². The molecule has 4 heteroatoms. The Morgan fingerprint density at radius 3 is 2.42 bits per heavy atom. The van der Waals surface area contributed by atoms with Gasteiger partial charge in [-0.3, -0.25) is 9.69 Å². The summed E-state index contributed by atoms with van der Waals surface area (Å²) < 4.78 is 0. The third-order valence-electron chi connectivity index (χ3n) is 3.06. The van der Waals surface area contributed by atoms with E-state index in [4.69, 9.17) is 11.6 Å². The fourth-order valence-electron chi connectivity index (χ4n) is 2.17. The number of carbonyl (C=O) groups excluding carboxylic acids is 1. The third kappa shape index (κ3) is 2.48. The van der Waals surface area contributed by atoms with Gasteiger partial charge in [0, 0.05) is 10.7 Å². The van der Waals surface area contributed by atoms with Gasteiger partial charge in [-0.05, 0) is 29.8 Å². The van der Waals surface area contributed by atoms with Crippen LogP contribution in [0.5, 0.6) is 0 Å². The molecule has 0 aliphatic carbocycles. The fourth-order valence-corrected chi connectivity index (χ4v) is 3.47. The molecule has 2 aromatic rings. The summed E-state index contributed by atoms with van der Waals surface area (Å²) in [5.74, 6) is 0.656. The summed E-state index contributed by atoms with van der Waals surface area (Å²) >= 11 is 7.55. The van der Waals surface area contributed by atoms with Crippen LogP contribution in [0.4, 0.5) is 5.69 Å². The number of anilines is 1. The average Bonchev–Trinajstić information content (AvgIpc) is 2.83. The highest BCUT2D eigenvalue weighted by molar-refractivity contribution is 8.00. The van der Waals surface area contributed by atoms with E-state index in [2.05, 4.69) is 12.1 Å². The van der Waals surface area contributed by atoms with Gasteiger partial charge in [0.05, 0.1) is 5.75 Å². The van der Waals surface area contributed by atoms with Crippen molar-refractivity contribution in [3.63, 3.8) is 0 Å². The molecule has 1 amide bonds. The standard InChI is InChI=1S/C15H12ClNOS/c16-12-6-8-13(9-7-12)17-14(18)10-19-15(17)11-4-2-1-3-5-11/h1-9,15H,10H2/t15-/m1/s1. The molecule has 0 saturated carbocycles. The Morgan fingerprint density at radius 1 is 1.05 bits per heavy atom. The average molecular weight is 290 g/mol. The van der Waals surface area contributed by atoms with Gasteiger partial charge in [0.1, 0.15) is 5.37 Å². The van der Waals surface area contributed by atoms with Gasteiger partial charge in [0.2, 0.25) is 5.91 Å². The van der Waals surface area contributed by atoms with E-state index in [1.807, 2.05) is 47.4 Å². The number of rotatable bonds is 2. The first-order valence-corrected chi connectivity index (χ1v) is 7.42. The Labute approximate surface area is 121 Å². The second-order valence-electron chi connectivity index (χ2n) is 4.31. The summed E-state index contributed by atoms with van der Waals surface area (Å²) in [4.78, 5) is 14.0. The van der Waals surface area contributed by atoms with Crippen LogP contribution in [0.15, 0.2) is 54.6 Å². The van der Waals surface area contributed by atoms with Crippen molar-refractivity contribution < 1.29 is 4.79 Å². The Balaban J connectivity index is 1.97. The topological polar surface area (TPSA) is 20.3 Å². The number of benzene rings is 2. The highest BCUT2D eigenvalue weighted by atomic mass is 35.5. The summed E-state index contributed by atoms with van der Waals surface area (Å²) in [5, 5.41) is 0.731. The van der Waals surface area contributed by atoms with Crippen molar-refractivity contribution in [1.82, 2.24) is 0 Å². The Morgan fingerprint density at radius 2 is 1.74 bits per heavy atom. The Hall–Kier alpha value is -1.45. The molecule has 1 aliphatic rings. The normalized spacial score (nSPS) is 18.9.